The highest BCUT2D eigenvalue weighted by Crippen LogP contribution is 2.28. The molecular weight excluding hydrogens is 244 g/mol. The summed E-state index contributed by atoms with van der Waals surface area (Å²) in [6.07, 6.45) is 5.37. The van der Waals surface area contributed by atoms with E-state index in [9.17, 15) is 0 Å². The fourth-order valence-electron chi connectivity index (χ4n) is 1.95. The van der Waals surface area contributed by atoms with Crippen molar-refractivity contribution in [2.24, 2.45) is 0 Å². The third kappa shape index (κ3) is 3.66. The molecular formula is C15H21ClN2. The van der Waals surface area contributed by atoms with Crippen LogP contribution >= 0.6 is 11.6 Å². The molecule has 98 valence electrons. The van der Waals surface area contributed by atoms with Gasteiger partial charge >= 0.3 is 0 Å². The molecule has 18 heavy (non-hydrogen) atoms. The summed E-state index contributed by atoms with van der Waals surface area (Å²) in [5, 5.41) is 4.13. The molecule has 1 atom stereocenters. The second kappa shape index (κ2) is 7.31. The molecule has 0 aliphatic rings. The summed E-state index contributed by atoms with van der Waals surface area (Å²) in [7, 11) is 0. The van der Waals surface area contributed by atoms with Gasteiger partial charge in [0.2, 0.25) is 0 Å². The Bertz CT molecular complexity index is 423. The minimum absolute atomic E-state index is 0.310. The number of hydrogen-bond acceptors (Lipinski definition) is 2. The summed E-state index contributed by atoms with van der Waals surface area (Å²) >= 11 is 6.34. The number of benzene rings is 1. The first kappa shape index (κ1) is 14.9. The van der Waals surface area contributed by atoms with Gasteiger partial charge in [0.15, 0.2) is 0 Å². The monoisotopic (exact) mass is 264 g/mol. The predicted octanol–water partition coefficient (Wildman–Crippen LogP) is 3.47. The lowest BCUT2D eigenvalue weighted by atomic mass is 10.1. The molecule has 0 bridgehead atoms. The highest BCUT2D eigenvalue weighted by atomic mass is 35.5. The largest absolute Gasteiger partial charge is 0.359 e. The van der Waals surface area contributed by atoms with E-state index in [1.165, 1.54) is 5.56 Å². The van der Waals surface area contributed by atoms with Crippen LogP contribution in [0.1, 0.15) is 32.4 Å². The maximum absolute atomic E-state index is 6.34. The van der Waals surface area contributed by atoms with Crippen molar-refractivity contribution >= 4 is 17.3 Å². The number of terminal acetylenes is 1. The predicted molar refractivity (Wildman–Crippen MR) is 80.3 cm³/mol. The summed E-state index contributed by atoms with van der Waals surface area (Å²) < 4.78 is 0. The van der Waals surface area contributed by atoms with E-state index in [1.807, 2.05) is 12.1 Å². The molecule has 0 aliphatic carbocycles. The van der Waals surface area contributed by atoms with Crippen LogP contribution in [-0.4, -0.2) is 19.6 Å². The van der Waals surface area contributed by atoms with E-state index in [4.69, 9.17) is 18.0 Å². The number of anilines is 1. The molecule has 1 aromatic rings. The zero-order valence-electron chi connectivity index (χ0n) is 11.3. The quantitative estimate of drug-likeness (QED) is 0.792. The molecule has 0 radical (unpaired) electrons. The van der Waals surface area contributed by atoms with Crippen LogP contribution in [0.15, 0.2) is 18.2 Å². The Labute approximate surface area is 115 Å². The molecule has 0 aliphatic heterocycles. The fraction of sp³-hybridized carbons (Fsp3) is 0.467. The van der Waals surface area contributed by atoms with Gasteiger partial charge in [-0.1, -0.05) is 30.5 Å². The van der Waals surface area contributed by atoms with E-state index < -0.39 is 0 Å². The Morgan fingerprint density at radius 1 is 1.44 bits per heavy atom. The lowest BCUT2D eigenvalue weighted by molar-refractivity contribution is 0.598. The van der Waals surface area contributed by atoms with E-state index in [0.717, 1.165) is 23.8 Å². The van der Waals surface area contributed by atoms with Gasteiger partial charge < -0.3 is 10.2 Å². The summed E-state index contributed by atoms with van der Waals surface area (Å²) in [5.41, 5.74) is 2.20. The van der Waals surface area contributed by atoms with Crippen LogP contribution in [0.4, 0.5) is 5.69 Å². The van der Waals surface area contributed by atoms with Gasteiger partial charge in [0.1, 0.15) is 0 Å². The second-order valence-electron chi connectivity index (χ2n) is 4.21. The Morgan fingerprint density at radius 2 is 2.17 bits per heavy atom. The van der Waals surface area contributed by atoms with Gasteiger partial charge in [0, 0.05) is 12.6 Å². The number of nitrogens with one attached hydrogen (secondary N) is 1. The zero-order valence-corrected chi connectivity index (χ0v) is 12.1. The average molecular weight is 265 g/mol. The van der Waals surface area contributed by atoms with Crippen molar-refractivity contribution in [2.45, 2.75) is 26.8 Å². The van der Waals surface area contributed by atoms with Crippen molar-refractivity contribution in [3.05, 3.63) is 28.8 Å². The number of nitrogens with zero attached hydrogens (tertiary/aromatic N) is 1. The van der Waals surface area contributed by atoms with Gasteiger partial charge in [0.25, 0.3) is 0 Å². The van der Waals surface area contributed by atoms with Crippen LogP contribution in [0.25, 0.3) is 0 Å². The molecule has 1 unspecified atom stereocenters. The first-order valence-corrected chi connectivity index (χ1v) is 6.73. The Balaban J connectivity index is 2.95. The standard InChI is InChI=1S/C15H21ClN2/c1-5-10-18(7-3)15-9-8-13(11-14(15)16)12(4)17-6-2/h1,8-9,11-12,17H,6-7,10H2,2-4H3. The van der Waals surface area contributed by atoms with Crippen LogP contribution in [0.5, 0.6) is 0 Å². The van der Waals surface area contributed by atoms with E-state index in [-0.39, 0.29) is 0 Å². The first-order chi connectivity index (χ1) is 8.63. The minimum atomic E-state index is 0.310. The number of hydrogen-bond donors (Lipinski definition) is 1. The molecule has 0 saturated carbocycles. The highest BCUT2D eigenvalue weighted by molar-refractivity contribution is 6.33. The van der Waals surface area contributed by atoms with E-state index in [1.54, 1.807) is 0 Å². The Morgan fingerprint density at radius 3 is 2.67 bits per heavy atom. The van der Waals surface area contributed by atoms with Crippen LogP contribution in [0, 0.1) is 12.3 Å². The number of halogens is 1. The maximum atomic E-state index is 6.34. The van der Waals surface area contributed by atoms with Crippen molar-refractivity contribution < 1.29 is 0 Å². The molecule has 0 fully saturated rings. The first-order valence-electron chi connectivity index (χ1n) is 6.35. The van der Waals surface area contributed by atoms with Crippen LogP contribution < -0.4 is 10.2 Å². The van der Waals surface area contributed by atoms with Crippen LogP contribution in [0.2, 0.25) is 5.02 Å². The summed E-state index contributed by atoms with van der Waals surface area (Å²) in [6, 6.07) is 6.48. The van der Waals surface area contributed by atoms with Gasteiger partial charge in [-0.25, -0.2) is 0 Å². The van der Waals surface area contributed by atoms with Gasteiger partial charge in [-0.3, -0.25) is 0 Å². The van der Waals surface area contributed by atoms with E-state index >= 15 is 0 Å². The Kier molecular flexibility index (Phi) is 6.04. The lowest BCUT2D eigenvalue weighted by Crippen LogP contribution is -2.23. The summed E-state index contributed by atoms with van der Waals surface area (Å²) in [5.74, 6) is 2.66. The van der Waals surface area contributed by atoms with Crippen LogP contribution in [0.3, 0.4) is 0 Å². The molecule has 0 aromatic heterocycles. The van der Waals surface area contributed by atoms with Crippen molar-refractivity contribution in [2.75, 3.05) is 24.5 Å². The van der Waals surface area contributed by atoms with Gasteiger partial charge in [0.05, 0.1) is 17.3 Å². The third-order valence-corrected chi connectivity index (χ3v) is 3.29. The van der Waals surface area contributed by atoms with Gasteiger partial charge in [-0.2, -0.15) is 0 Å². The maximum Gasteiger partial charge on any atom is 0.0792 e. The molecule has 1 aromatic carbocycles. The van der Waals surface area contributed by atoms with Crippen molar-refractivity contribution in [3.63, 3.8) is 0 Å². The van der Waals surface area contributed by atoms with Crippen molar-refractivity contribution in [1.82, 2.24) is 5.32 Å². The van der Waals surface area contributed by atoms with Crippen molar-refractivity contribution in [3.8, 4) is 12.3 Å². The second-order valence-corrected chi connectivity index (χ2v) is 4.62. The normalized spacial score (nSPS) is 11.9. The van der Waals surface area contributed by atoms with E-state index in [0.29, 0.717) is 12.6 Å². The molecule has 1 rings (SSSR count). The molecule has 3 heteroatoms. The average Bonchev–Trinajstić information content (AvgIpc) is 2.36. The van der Waals surface area contributed by atoms with E-state index in [2.05, 4.69) is 43.0 Å². The highest BCUT2D eigenvalue weighted by Gasteiger charge is 2.10. The molecule has 0 spiro atoms. The molecule has 0 heterocycles. The molecule has 0 saturated heterocycles. The fourth-order valence-corrected chi connectivity index (χ4v) is 2.26. The number of rotatable bonds is 6. The SMILES string of the molecule is C#CCN(CC)c1ccc(C(C)NCC)cc1Cl. The lowest BCUT2D eigenvalue weighted by Gasteiger charge is -2.23. The minimum Gasteiger partial charge on any atom is -0.359 e. The third-order valence-electron chi connectivity index (χ3n) is 2.99. The van der Waals surface area contributed by atoms with Gasteiger partial charge in [-0.15, -0.1) is 6.42 Å². The molecule has 0 amide bonds. The summed E-state index contributed by atoms with van der Waals surface area (Å²) in [4.78, 5) is 2.09. The van der Waals surface area contributed by atoms with Gasteiger partial charge in [-0.05, 0) is 38.1 Å². The zero-order chi connectivity index (χ0) is 13.5. The van der Waals surface area contributed by atoms with Crippen LogP contribution in [-0.2, 0) is 0 Å². The van der Waals surface area contributed by atoms with Crippen molar-refractivity contribution in [1.29, 1.82) is 0 Å². The topological polar surface area (TPSA) is 15.3 Å². The molecule has 1 N–H and O–H groups in total. The smallest absolute Gasteiger partial charge is 0.0792 e. The molecule has 2 nitrogen and oxygen atoms in total. The Hall–Kier alpha value is -1.17. The summed E-state index contributed by atoms with van der Waals surface area (Å²) in [6.45, 7) is 8.68.